The number of likely N-dealkylation sites (N-methyl/N-ethyl adjacent to an activating group) is 1. The molecule has 0 bridgehead atoms. The quantitative estimate of drug-likeness (QED) is 0.765. The van der Waals surface area contributed by atoms with Crippen molar-refractivity contribution in [1.82, 2.24) is 10.3 Å². The molecule has 2 rings (SSSR count). The Morgan fingerprint density at radius 2 is 2.42 bits per heavy atom. The maximum absolute atomic E-state index is 5.67. The molecule has 1 saturated heterocycles. The lowest BCUT2D eigenvalue weighted by Crippen LogP contribution is -2.29. The lowest BCUT2D eigenvalue weighted by Gasteiger charge is -2.22. The van der Waals surface area contributed by atoms with Crippen LogP contribution in [0.3, 0.4) is 0 Å². The van der Waals surface area contributed by atoms with Crippen LogP contribution in [0, 0.1) is 0 Å². The molecule has 0 aliphatic carbocycles. The number of rotatable bonds is 7. The molecule has 0 aromatic carbocycles. The minimum atomic E-state index is 0.369. The van der Waals surface area contributed by atoms with Gasteiger partial charge in [-0.25, -0.2) is 4.98 Å². The smallest absolute Gasteiger partial charge is 0.128 e. The van der Waals surface area contributed by atoms with E-state index in [0.717, 1.165) is 38.5 Å². The summed E-state index contributed by atoms with van der Waals surface area (Å²) in [6.45, 7) is 5.99. The van der Waals surface area contributed by atoms with Crippen LogP contribution < -0.4 is 10.2 Å². The van der Waals surface area contributed by atoms with E-state index in [2.05, 4.69) is 41.3 Å². The Bertz CT molecular complexity index is 377. The lowest BCUT2D eigenvalue weighted by molar-refractivity contribution is 0.116. The van der Waals surface area contributed by atoms with Crippen LogP contribution in [0.1, 0.15) is 31.7 Å². The molecule has 0 saturated carbocycles. The third-order valence-electron chi connectivity index (χ3n) is 3.46. The van der Waals surface area contributed by atoms with E-state index in [-0.39, 0.29) is 0 Å². The van der Waals surface area contributed by atoms with Crippen LogP contribution in [0.5, 0.6) is 0 Å². The van der Waals surface area contributed by atoms with E-state index in [0.29, 0.717) is 6.10 Å². The predicted molar refractivity (Wildman–Crippen MR) is 78.5 cm³/mol. The number of pyridine rings is 1. The van der Waals surface area contributed by atoms with Crippen LogP contribution in [0.15, 0.2) is 18.3 Å². The van der Waals surface area contributed by atoms with Crippen LogP contribution >= 0.6 is 0 Å². The molecule has 1 atom stereocenters. The molecule has 1 unspecified atom stereocenters. The molecule has 0 radical (unpaired) electrons. The molecule has 1 aliphatic rings. The summed E-state index contributed by atoms with van der Waals surface area (Å²) in [5.74, 6) is 1.03. The average molecular weight is 263 g/mol. The number of nitrogens with zero attached hydrogens (tertiary/aromatic N) is 2. The lowest BCUT2D eigenvalue weighted by atomic mass is 10.2. The molecular weight excluding hydrogens is 238 g/mol. The van der Waals surface area contributed by atoms with Gasteiger partial charge >= 0.3 is 0 Å². The number of aromatic nitrogens is 1. The second-order valence-corrected chi connectivity index (χ2v) is 5.21. The summed E-state index contributed by atoms with van der Waals surface area (Å²) < 4.78 is 5.67. The van der Waals surface area contributed by atoms with Crippen LogP contribution in [0.2, 0.25) is 0 Å². The predicted octanol–water partition coefficient (Wildman–Crippen LogP) is 2.20. The zero-order valence-electron chi connectivity index (χ0n) is 12.1. The van der Waals surface area contributed by atoms with Crippen LogP contribution in [-0.4, -0.2) is 37.8 Å². The van der Waals surface area contributed by atoms with E-state index in [1.807, 2.05) is 6.20 Å². The molecule has 0 spiro atoms. The summed E-state index contributed by atoms with van der Waals surface area (Å²) in [6, 6.07) is 4.24. The summed E-state index contributed by atoms with van der Waals surface area (Å²) in [5, 5.41) is 3.42. The molecule has 1 aromatic heterocycles. The number of anilines is 1. The van der Waals surface area contributed by atoms with Gasteiger partial charge in [-0.2, -0.15) is 0 Å². The van der Waals surface area contributed by atoms with Crippen LogP contribution in [0.25, 0.3) is 0 Å². The molecule has 4 nitrogen and oxygen atoms in total. The minimum absolute atomic E-state index is 0.369. The van der Waals surface area contributed by atoms with Crippen molar-refractivity contribution < 1.29 is 4.74 Å². The van der Waals surface area contributed by atoms with Gasteiger partial charge in [0, 0.05) is 32.9 Å². The first-order valence-corrected chi connectivity index (χ1v) is 7.28. The molecule has 1 fully saturated rings. The Morgan fingerprint density at radius 3 is 3.16 bits per heavy atom. The van der Waals surface area contributed by atoms with Crippen molar-refractivity contribution in [3.63, 3.8) is 0 Å². The van der Waals surface area contributed by atoms with E-state index < -0.39 is 0 Å². The maximum Gasteiger partial charge on any atom is 0.128 e. The summed E-state index contributed by atoms with van der Waals surface area (Å²) >= 11 is 0. The topological polar surface area (TPSA) is 37.4 Å². The highest BCUT2D eigenvalue weighted by atomic mass is 16.5. The van der Waals surface area contributed by atoms with Gasteiger partial charge in [-0.05, 0) is 43.5 Å². The first-order valence-electron chi connectivity index (χ1n) is 7.28. The van der Waals surface area contributed by atoms with Crippen molar-refractivity contribution in [1.29, 1.82) is 0 Å². The Balaban J connectivity index is 1.89. The molecule has 106 valence electrons. The van der Waals surface area contributed by atoms with Crippen LogP contribution in [-0.2, 0) is 11.3 Å². The van der Waals surface area contributed by atoms with Gasteiger partial charge in [0.1, 0.15) is 5.82 Å². The second-order valence-electron chi connectivity index (χ2n) is 5.21. The Labute approximate surface area is 116 Å². The van der Waals surface area contributed by atoms with Crippen molar-refractivity contribution in [2.24, 2.45) is 0 Å². The van der Waals surface area contributed by atoms with Crippen LogP contribution in [0.4, 0.5) is 5.82 Å². The van der Waals surface area contributed by atoms with Crippen molar-refractivity contribution in [2.45, 2.75) is 38.8 Å². The zero-order valence-corrected chi connectivity index (χ0v) is 12.1. The fourth-order valence-electron chi connectivity index (χ4n) is 2.38. The van der Waals surface area contributed by atoms with E-state index in [1.165, 1.54) is 18.4 Å². The normalized spacial score (nSPS) is 18.7. The molecule has 4 heteroatoms. The molecule has 1 aliphatic heterocycles. The van der Waals surface area contributed by atoms with Crippen molar-refractivity contribution in [3.8, 4) is 0 Å². The molecular formula is C15H25N3O. The largest absolute Gasteiger partial charge is 0.376 e. The summed E-state index contributed by atoms with van der Waals surface area (Å²) in [7, 11) is 2.09. The Morgan fingerprint density at radius 1 is 1.53 bits per heavy atom. The Kier molecular flexibility index (Phi) is 5.61. The van der Waals surface area contributed by atoms with Gasteiger partial charge in [0.15, 0.2) is 0 Å². The summed E-state index contributed by atoms with van der Waals surface area (Å²) in [5.41, 5.74) is 1.29. The number of hydrogen-bond acceptors (Lipinski definition) is 4. The summed E-state index contributed by atoms with van der Waals surface area (Å²) in [4.78, 5) is 6.65. The van der Waals surface area contributed by atoms with Gasteiger partial charge in [-0.15, -0.1) is 0 Å². The molecule has 1 aromatic rings. The highest BCUT2D eigenvalue weighted by Gasteiger charge is 2.18. The Hall–Kier alpha value is -1.13. The number of nitrogens with one attached hydrogen (secondary N) is 1. The van der Waals surface area contributed by atoms with Gasteiger partial charge in [0.05, 0.1) is 6.10 Å². The highest BCUT2D eigenvalue weighted by molar-refractivity contribution is 5.40. The summed E-state index contributed by atoms with van der Waals surface area (Å²) in [6.07, 6.45) is 5.78. The van der Waals surface area contributed by atoms with Gasteiger partial charge in [-0.1, -0.05) is 6.92 Å². The molecule has 0 amide bonds. The fourth-order valence-corrected chi connectivity index (χ4v) is 2.38. The molecule has 2 heterocycles. The van der Waals surface area contributed by atoms with E-state index in [1.54, 1.807) is 0 Å². The van der Waals surface area contributed by atoms with Gasteiger partial charge < -0.3 is 15.0 Å². The monoisotopic (exact) mass is 263 g/mol. The van der Waals surface area contributed by atoms with Gasteiger partial charge in [0.25, 0.3) is 0 Å². The first-order chi connectivity index (χ1) is 9.29. The van der Waals surface area contributed by atoms with Crippen molar-refractivity contribution >= 4 is 5.82 Å². The van der Waals surface area contributed by atoms with Crippen molar-refractivity contribution in [3.05, 3.63) is 23.9 Å². The zero-order chi connectivity index (χ0) is 13.5. The third-order valence-corrected chi connectivity index (χ3v) is 3.46. The molecule has 19 heavy (non-hydrogen) atoms. The fraction of sp³-hybridized carbons (Fsp3) is 0.667. The maximum atomic E-state index is 5.67. The van der Waals surface area contributed by atoms with E-state index in [9.17, 15) is 0 Å². The second kappa shape index (κ2) is 7.46. The number of hydrogen-bond donors (Lipinski definition) is 1. The molecule has 1 N–H and O–H groups in total. The van der Waals surface area contributed by atoms with Crippen molar-refractivity contribution in [2.75, 3.05) is 31.6 Å². The van der Waals surface area contributed by atoms with Gasteiger partial charge in [-0.3, -0.25) is 0 Å². The highest BCUT2D eigenvalue weighted by Crippen LogP contribution is 2.17. The minimum Gasteiger partial charge on any atom is -0.376 e. The SMILES string of the molecule is CCCNCc1ccnc(N(C)CC2CCCO2)c1. The standard InChI is InChI=1S/C15H25N3O/c1-3-7-16-11-13-6-8-17-15(10-13)18(2)12-14-5-4-9-19-14/h6,8,10,14,16H,3-5,7,9,11-12H2,1-2H3. The average Bonchev–Trinajstić information content (AvgIpc) is 2.92. The third kappa shape index (κ3) is 4.48. The van der Waals surface area contributed by atoms with Gasteiger partial charge in [0.2, 0.25) is 0 Å². The first kappa shape index (κ1) is 14.3. The van der Waals surface area contributed by atoms with E-state index >= 15 is 0 Å². The van der Waals surface area contributed by atoms with E-state index in [4.69, 9.17) is 4.74 Å². The number of ether oxygens (including phenoxy) is 1.